The van der Waals surface area contributed by atoms with Crippen LogP contribution in [0.3, 0.4) is 0 Å². The molecule has 2 N–H and O–H groups in total. The summed E-state index contributed by atoms with van der Waals surface area (Å²) in [5.74, 6) is -0.882. The second kappa shape index (κ2) is 8.79. The SMILES string of the molecule is C=CCCCC(C)NC(=O)c1cccc(OCC(=O)O)c1. The van der Waals surface area contributed by atoms with Crippen LogP contribution in [-0.2, 0) is 4.79 Å². The van der Waals surface area contributed by atoms with Crippen LogP contribution in [0.2, 0.25) is 0 Å². The number of aliphatic carboxylic acids is 1. The van der Waals surface area contributed by atoms with E-state index in [0.29, 0.717) is 11.3 Å². The van der Waals surface area contributed by atoms with Gasteiger partial charge in [0.25, 0.3) is 5.91 Å². The first-order valence-electron chi connectivity index (χ1n) is 6.89. The van der Waals surface area contributed by atoms with Crippen LogP contribution in [0.4, 0.5) is 0 Å². The van der Waals surface area contributed by atoms with Crippen LogP contribution in [0.1, 0.15) is 36.5 Å². The van der Waals surface area contributed by atoms with Crippen molar-refractivity contribution in [1.82, 2.24) is 5.32 Å². The summed E-state index contributed by atoms with van der Waals surface area (Å²) >= 11 is 0. The van der Waals surface area contributed by atoms with Gasteiger partial charge in [-0.1, -0.05) is 12.1 Å². The van der Waals surface area contributed by atoms with E-state index in [1.807, 2.05) is 13.0 Å². The number of carboxylic acids is 1. The Labute approximate surface area is 124 Å². The predicted molar refractivity (Wildman–Crippen MR) is 80.5 cm³/mol. The molecule has 5 nitrogen and oxygen atoms in total. The molecule has 0 aliphatic carbocycles. The van der Waals surface area contributed by atoms with E-state index in [-0.39, 0.29) is 11.9 Å². The van der Waals surface area contributed by atoms with Crippen molar-refractivity contribution in [3.05, 3.63) is 42.5 Å². The number of rotatable bonds is 9. The van der Waals surface area contributed by atoms with E-state index in [1.54, 1.807) is 18.2 Å². The van der Waals surface area contributed by atoms with E-state index in [2.05, 4.69) is 11.9 Å². The molecule has 1 unspecified atom stereocenters. The zero-order valence-corrected chi connectivity index (χ0v) is 12.2. The second-order valence-corrected chi connectivity index (χ2v) is 4.80. The van der Waals surface area contributed by atoms with E-state index < -0.39 is 12.6 Å². The van der Waals surface area contributed by atoms with Gasteiger partial charge in [-0.2, -0.15) is 0 Å². The van der Waals surface area contributed by atoms with Crippen molar-refractivity contribution in [3.8, 4) is 5.75 Å². The topological polar surface area (TPSA) is 75.6 Å². The first-order chi connectivity index (χ1) is 10.0. The van der Waals surface area contributed by atoms with Gasteiger partial charge in [-0.25, -0.2) is 4.79 Å². The summed E-state index contributed by atoms with van der Waals surface area (Å²) in [7, 11) is 0. The van der Waals surface area contributed by atoms with Gasteiger partial charge in [-0.05, 0) is 44.4 Å². The Bertz CT molecular complexity index is 499. The molecule has 0 saturated carbocycles. The molecule has 21 heavy (non-hydrogen) atoms. The number of hydrogen-bond acceptors (Lipinski definition) is 3. The fourth-order valence-electron chi connectivity index (χ4n) is 1.82. The molecular formula is C16H21NO4. The number of allylic oxidation sites excluding steroid dienone is 1. The number of hydrogen-bond donors (Lipinski definition) is 2. The van der Waals surface area contributed by atoms with Crippen molar-refractivity contribution in [1.29, 1.82) is 0 Å². The Morgan fingerprint density at radius 2 is 2.24 bits per heavy atom. The molecule has 0 aromatic heterocycles. The fourth-order valence-corrected chi connectivity index (χ4v) is 1.82. The molecule has 0 aliphatic heterocycles. The van der Waals surface area contributed by atoms with Gasteiger partial charge in [0.1, 0.15) is 5.75 Å². The zero-order chi connectivity index (χ0) is 15.7. The Kier molecular flexibility index (Phi) is 7.01. The molecule has 0 heterocycles. The van der Waals surface area contributed by atoms with Gasteiger partial charge in [-0.15, -0.1) is 6.58 Å². The Hall–Kier alpha value is -2.30. The van der Waals surface area contributed by atoms with E-state index in [4.69, 9.17) is 9.84 Å². The smallest absolute Gasteiger partial charge is 0.341 e. The van der Waals surface area contributed by atoms with Crippen LogP contribution >= 0.6 is 0 Å². The number of unbranched alkanes of at least 4 members (excludes halogenated alkanes) is 1. The van der Waals surface area contributed by atoms with Crippen molar-refractivity contribution >= 4 is 11.9 Å². The lowest BCUT2D eigenvalue weighted by Crippen LogP contribution is -2.32. The molecule has 114 valence electrons. The minimum Gasteiger partial charge on any atom is -0.482 e. The van der Waals surface area contributed by atoms with Crippen LogP contribution in [0, 0.1) is 0 Å². The monoisotopic (exact) mass is 291 g/mol. The summed E-state index contributed by atoms with van der Waals surface area (Å²) in [4.78, 5) is 22.5. The van der Waals surface area contributed by atoms with Crippen molar-refractivity contribution in [3.63, 3.8) is 0 Å². The fraction of sp³-hybridized carbons (Fsp3) is 0.375. The first kappa shape index (κ1) is 16.8. The summed E-state index contributed by atoms with van der Waals surface area (Å²) in [6.45, 7) is 5.19. The minimum atomic E-state index is -1.05. The van der Waals surface area contributed by atoms with Crippen molar-refractivity contribution in [2.45, 2.75) is 32.2 Å². The third kappa shape index (κ3) is 6.61. The van der Waals surface area contributed by atoms with Crippen molar-refractivity contribution in [2.24, 2.45) is 0 Å². The molecule has 1 amide bonds. The van der Waals surface area contributed by atoms with Gasteiger partial charge in [0.15, 0.2) is 6.61 Å². The lowest BCUT2D eigenvalue weighted by molar-refractivity contribution is -0.139. The highest BCUT2D eigenvalue weighted by atomic mass is 16.5. The van der Waals surface area contributed by atoms with Crippen LogP contribution in [0.25, 0.3) is 0 Å². The number of benzene rings is 1. The van der Waals surface area contributed by atoms with Crippen LogP contribution in [0.5, 0.6) is 5.75 Å². The number of carbonyl (C=O) groups excluding carboxylic acids is 1. The summed E-state index contributed by atoms with van der Waals surface area (Å²) in [5.41, 5.74) is 0.452. The number of carbonyl (C=O) groups is 2. The Morgan fingerprint density at radius 3 is 2.90 bits per heavy atom. The molecule has 1 aromatic rings. The van der Waals surface area contributed by atoms with Crippen molar-refractivity contribution in [2.75, 3.05) is 6.61 Å². The van der Waals surface area contributed by atoms with E-state index >= 15 is 0 Å². The molecule has 0 spiro atoms. The molecule has 0 radical (unpaired) electrons. The number of nitrogens with one attached hydrogen (secondary N) is 1. The van der Waals surface area contributed by atoms with Crippen LogP contribution in [0.15, 0.2) is 36.9 Å². The third-order valence-corrected chi connectivity index (χ3v) is 2.88. The van der Waals surface area contributed by atoms with Gasteiger partial charge in [-0.3, -0.25) is 4.79 Å². The normalized spacial score (nSPS) is 11.5. The molecule has 1 atom stereocenters. The second-order valence-electron chi connectivity index (χ2n) is 4.80. The highest BCUT2D eigenvalue weighted by Crippen LogP contribution is 2.13. The summed E-state index contributed by atoms with van der Waals surface area (Å²) in [5, 5.41) is 11.5. The average molecular weight is 291 g/mol. The summed E-state index contributed by atoms with van der Waals surface area (Å²) < 4.78 is 5.05. The highest BCUT2D eigenvalue weighted by Gasteiger charge is 2.10. The minimum absolute atomic E-state index is 0.0704. The molecule has 1 aromatic carbocycles. The Morgan fingerprint density at radius 1 is 1.48 bits per heavy atom. The largest absolute Gasteiger partial charge is 0.482 e. The lowest BCUT2D eigenvalue weighted by Gasteiger charge is -2.14. The van der Waals surface area contributed by atoms with Crippen LogP contribution in [-0.4, -0.2) is 29.6 Å². The van der Waals surface area contributed by atoms with Gasteiger partial charge >= 0.3 is 5.97 Å². The van der Waals surface area contributed by atoms with E-state index in [1.165, 1.54) is 6.07 Å². The Balaban J connectivity index is 2.55. The maximum absolute atomic E-state index is 12.1. The predicted octanol–water partition coefficient (Wildman–Crippen LogP) is 2.62. The molecule has 0 aliphatic rings. The quantitative estimate of drug-likeness (QED) is 0.541. The standard InChI is InChI=1S/C16H21NO4/c1-3-4-5-7-12(2)17-16(20)13-8-6-9-14(10-13)21-11-15(18)19/h3,6,8-10,12H,1,4-5,7,11H2,2H3,(H,17,20)(H,18,19). The molecule has 0 fully saturated rings. The average Bonchev–Trinajstić information content (AvgIpc) is 2.45. The molecule has 1 rings (SSSR count). The number of ether oxygens (including phenoxy) is 1. The summed E-state index contributed by atoms with van der Waals surface area (Å²) in [6.07, 6.45) is 4.65. The maximum Gasteiger partial charge on any atom is 0.341 e. The van der Waals surface area contributed by atoms with Gasteiger partial charge < -0.3 is 15.2 Å². The molecule has 0 bridgehead atoms. The van der Waals surface area contributed by atoms with E-state index in [0.717, 1.165) is 19.3 Å². The van der Waals surface area contributed by atoms with Gasteiger partial charge in [0.2, 0.25) is 0 Å². The highest BCUT2D eigenvalue weighted by molar-refractivity contribution is 5.94. The number of amides is 1. The zero-order valence-electron chi connectivity index (χ0n) is 12.2. The third-order valence-electron chi connectivity index (χ3n) is 2.88. The lowest BCUT2D eigenvalue weighted by atomic mass is 10.1. The maximum atomic E-state index is 12.1. The van der Waals surface area contributed by atoms with Gasteiger partial charge in [0.05, 0.1) is 0 Å². The van der Waals surface area contributed by atoms with E-state index in [9.17, 15) is 9.59 Å². The number of carboxylic acid groups (broad SMARTS) is 1. The molecular weight excluding hydrogens is 270 g/mol. The molecule has 5 heteroatoms. The molecule has 0 saturated heterocycles. The first-order valence-corrected chi connectivity index (χ1v) is 6.89. The van der Waals surface area contributed by atoms with Gasteiger partial charge in [0, 0.05) is 11.6 Å². The summed E-state index contributed by atoms with van der Waals surface area (Å²) in [6, 6.07) is 6.55. The van der Waals surface area contributed by atoms with Crippen molar-refractivity contribution < 1.29 is 19.4 Å². The van der Waals surface area contributed by atoms with Crippen LogP contribution < -0.4 is 10.1 Å².